The summed E-state index contributed by atoms with van der Waals surface area (Å²) in [5.41, 5.74) is 2.25. The van der Waals surface area contributed by atoms with E-state index < -0.39 is 291 Å². The number of allylic oxidation sites excluding steroid dienone is 2. The summed E-state index contributed by atoms with van der Waals surface area (Å²) >= 11 is 0. The van der Waals surface area contributed by atoms with E-state index in [-0.39, 0.29) is 64.2 Å². The molecule has 13 N–H and O–H groups in total. The molecule has 1 rings (SSSR count). The van der Waals surface area contributed by atoms with Crippen LogP contribution in [0.1, 0.15) is 255 Å². The number of nitrogens with one attached hydrogen (secondary N) is 11. The lowest BCUT2D eigenvalue weighted by Gasteiger charge is -2.31. The molecule has 12 amide bonds. The van der Waals surface area contributed by atoms with E-state index in [1.807, 2.05) is 0 Å². The van der Waals surface area contributed by atoms with Crippen LogP contribution in [-0.2, 0) is 110 Å². The van der Waals surface area contributed by atoms with Crippen LogP contribution in [0.3, 0.4) is 0 Å². The van der Waals surface area contributed by atoms with Crippen molar-refractivity contribution in [1.82, 2.24) is 58.5 Å². The van der Waals surface area contributed by atoms with Crippen LogP contribution < -0.4 is 64.2 Å². The van der Waals surface area contributed by atoms with Crippen molar-refractivity contribution >= 4 is 135 Å². The topological polar surface area (TPSA) is 551 Å². The molecular weight excluding hydrogens is 1570 g/mol. The number of hydrogen-bond acceptors (Lipinski definition) is 23. The average molecular weight is 1700 g/mol. The molecule has 121 heavy (non-hydrogen) atoms. The molecule has 0 saturated carbocycles. The SMILES string of the molecule is C=CC(=O)N[C@@H](C)C(=O)CC(C)C(=O)N[C@@H](C)C(=O)CC(C)C(=O)N[C@@H](C)C(=O)CC(C)C(=O)N[C@@H](C)C(=O)CC(C)C(=O)N[C@@H](C)C(=O)C[C@@]1(C)CCC/C=C\CC[C@@](C)(C(=O)N[C@@H](C)C(=O)CC(C)C(=O)N[C@@H](C)C(=O)CC(C)C(=O)N[C@@H](C)C(=O)CC(C)C(=O)N[C@@H](C)C(=O)CC(C)C(N)=O)CC(=O)[C@H](C)NC(=O)CCC(=O)[C@H](C)NC1=O. The molecule has 0 radical (unpaired) electrons. The quantitative estimate of drug-likeness (QED) is 0.0308. The van der Waals surface area contributed by atoms with Gasteiger partial charge in [-0.15, -0.1) is 0 Å². The van der Waals surface area contributed by atoms with E-state index in [0.29, 0.717) is 12.8 Å². The summed E-state index contributed by atoms with van der Waals surface area (Å²) in [6.45, 7) is 33.5. The first-order valence-electron chi connectivity index (χ1n) is 41.6. The van der Waals surface area contributed by atoms with Crippen molar-refractivity contribution in [2.75, 3.05) is 0 Å². The van der Waals surface area contributed by atoms with Crippen LogP contribution in [-0.4, -0.2) is 201 Å². The predicted molar refractivity (Wildman–Crippen MR) is 445 cm³/mol. The Morgan fingerprint density at radius 1 is 0.380 bits per heavy atom. The van der Waals surface area contributed by atoms with Crippen molar-refractivity contribution < 1.29 is 110 Å². The van der Waals surface area contributed by atoms with Crippen LogP contribution in [0, 0.1) is 58.2 Å². The van der Waals surface area contributed by atoms with E-state index >= 15 is 0 Å². The predicted octanol–water partition coefficient (Wildman–Crippen LogP) is 2.77. The van der Waals surface area contributed by atoms with Crippen LogP contribution in [0.2, 0.25) is 0 Å². The highest BCUT2D eigenvalue weighted by atomic mass is 16.2. The summed E-state index contributed by atoms with van der Waals surface area (Å²) in [4.78, 5) is 303. The summed E-state index contributed by atoms with van der Waals surface area (Å²) in [5.74, 6) is -21.2. The lowest BCUT2D eigenvalue weighted by atomic mass is 9.77. The number of carbonyl (C=O) groups excluding carboxylic acids is 23. The van der Waals surface area contributed by atoms with E-state index in [1.54, 1.807) is 12.2 Å². The van der Waals surface area contributed by atoms with Gasteiger partial charge in [0.1, 0.15) is 0 Å². The summed E-state index contributed by atoms with van der Waals surface area (Å²) in [6.07, 6.45) is 1.33. The molecule has 0 aromatic rings. The molecule has 21 atom stereocenters. The Hall–Kier alpha value is -10.5. The zero-order valence-corrected chi connectivity index (χ0v) is 74.4. The van der Waals surface area contributed by atoms with E-state index in [0.717, 1.165) is 6.08 Å². The first-order chi connectivity index (χ1) is 55.9. The van der Waals surface area contributed by atoms with E-state index in [9.17, 15) is 110 Å². The summed E-state index contributed by atoms with van der Waals surface area (Å²) in [6, 6.07) is -12.0. The summed E-state index contributed by atoms with van der Waals surface area (Å²) < 4.78 is 0. The molecule has 0 aliphatic carbocycles. The molecule has 676 valence electrons. The third-order valence-corrected chi connectivity index (χ3v) is 22.1. The van der Waals surface area contributed by atoms with Crippen molar-refractivity contribution in [1.29, 1.82) is 0 Å². The zero-order chi connectivity index (χ0) is 93.2. The number of ketones is 11. The van der Waals surface area contributed by atoms with Gasteiger partial charge in [-0.2, -0.15) is 0 Å². The Kier molecular flexibility index (Phi) is 46.0. The fourth-order valence-corrected chi connectivity index (χ4v) is 12.6. The summed E-state index contributed by atoms with van der Waals surface area (Å²) in [7, 11) is 0. The molecule has 0 fully saturated rings. The molecule has 1 aliphatic rings. The maximum absolute atomic E-state index is 14.3. The molecular formula is C86H134N12O23. The second kappa shape index (κ2) is 51.3. The molecule has 0 aromatic heterocycles. The highest BCUT2D eigenvalue weighted by Gasteiger charge is 2.42. The lowest BCUT2D eigenvalue weighted by Crippen LogP contribution is -2.50. The van der Waals surface area contributed by atoms with Crippen LogP contribution in [0.5, 0.6) is 0 Å². The molecule has 8 unspecified atom stereocenters. The number of amides is 12. The number of primary amides is 1. The van der Waals surface area contributed by atoms with Gasteiger partial charge in [-0.1, -0.05) is 88.0 Å². The molecule has 1 heterocycles. The second-order valence-corrected chi connectivity index (χ2v) is 34.0. The maximum atomic E-state index is 14.3. The number of nitrogens with two attached hydrogens (primary N) is 1. The molecule has 0 bridgehead atoms. The van der Waals surface area contributed by atoms with Crippen molar-refractivity contribution in [2.45, 2.75) is 321 Å². The van der Waals surface area contributed by atoms with Gasteiger partial charge in [0.15, 0.2) is 63.6 Å². The molecule has 1 aliphatic heterocycles. The van der Waals surface area contributed by atoms with Crippen molar-refractivity contribution in [3.63, 3.8) is 0 Å². The van der Waals surface area contributed by atoms with Crippen LogP contribution in [0.4, 0.5) is 0 Å². The highest BCUT2D eigenvalue weighted by Crippen LogP contribution is 2.33. The maximum Gasteiger partial charge on any atom is 0.243 e. The monoisotopic (exact) mass is 1700 g/mol. The second-order valence-electron chi connectivity index (χ2n) is 34.0. The molecule has 0 spiro atoms. The molecule has 0 saturated heterocycles. The number of rotatable bonds is 46. The Morgan fingerprint density at radius 3 is 0.959 bits per heavy atom. The van der Waals surface area contributed by atoms with Gasteiger partial charge in [-0.05, 0) is 114 Å². The molecule has 0 aromatic carbocycles. The van der Waals surface area contributed by atoms with Gasteiger partial charge in [0.25, 0.3) is 0 Å². The third kappa shape index (κ3) is 38.0. The van der Waals surface area contributed by atoms with Crippen LogP contribution >= 0.6 is 0 Å². The van der Waals surface area contributed by atoms with Crippen molar-refractivity contribution in [2.24, 2.45) is 63.9 Å². The Balaban J connectivity index is 3.03. The van der Waals surface area contributed by atoms with Crippen LogP contribution in [0.25, 0.3) is 0 Å². The minimum Gasteiger partial charge on any atom is -0.369 e. The number of Topliss-reactive ketones (excluding diaryl/α,β-unsaturated/α-hetero) is 11. The van der Waals surface area contributed by atoms with E-state index in [1.165, 1.54) is 145 Å². The Morgan fingerprint density at radius 2 is 0.653 bits per heavy atom. The van der Waals surface area contributed by atoms with Gasteiger partial charge < -0.3 is 64.2 Å². The minimum atomic E-state index is -1.50. The van der Waals surface area contributed by atoms with Gasteiger partial charge in [-0.3, -0.25) is 110 Å². The first-order valence-corrected chi connectivity index (χ1v) is 41.6. The highest BCUT2D eigenvalue weighted by molar-refractivity contribution is 6.03. The minimum absolute atomic E-state index is 0.0402. The van der Waals surface area contributed by atoms with Gasteiger partial charge in [0.2, 0.25) is 70.9 Å². The largest absolute Gasteiger partial charge is 0.369 e. The molecule has 35 heteroatoms. The normalized spacial score (nSPS) is 21.4. The fourth-order valence-electron chi connectivity index (χ4n) is 12.6. The van der Waals surface area contributed by atoms with Gasteiger partial charge >= 0.3 is 0 Å². The molecule has 35 nitrogen and oxygen atoms in total. The van der Waals surface area contributed by atoms with Gasteiger partial charge in [0, 0.05) is 124 Å². The van der Waals surface area contributed by atoms with Crippen molar-refractivity contribution in [3.05, 3.63) is 24.8 Å². The van der Waals surface area contributed by atoms with Crippen LogP contribution in [0.15, 0.2) is 24.8 Å². The van der Waals surface area contributed by atoms with Gasteiger partial charge in [-0.25, -0.2) is 0 Å². The lowest BCUT2D eigenvalue weighted by molar-refractivity contribution is -0.139. The van der Waals surface area contributed by atoms with Crippen molar-refractivity contribution in [3.8, 4) is 0 Å². The van der Waals surface area contributed by atoms with Gasteiger partial charge in [0.05, 0.1) is 77.3 Å². The Labute approximate surface area is 709 Å². The van der Waals surface area contributed by atoms with E-state index in [2.05, 4.69) is 65.1 Å². The summed E-state index contributed by atoms with van der Waals surface area (Å²) in [5, 5.41) is 28.2. The zero-order valence-electron chi connectivity index (χ0n) is 74.4. The smallest absolute Gasteiger partial charge is 0.243 e. The number of hydrogen-bond donors (Lipinski definition) is 12. The average Bonchev–Trinajstić information content (AvgIpc) is 0.831. The third-order valence-electron chi connectivity index (χ3n) is 22.1. The number of carbonyl (C=O) groups is 23. The van der Waals surface area contributed by atoms with E-state index in [4.69, 9.17) is 5.73 Å². The standard InChI is InChI=1S/C86H134N12O23/c1-23-73(110)88-52(11)64(101)34-44(3)76(113)91-54(13)66(103)36-46(5)78(115)93-56(15)67(104)37-47(6)80(117)94-58(17)69(106)39-49(8)82(119)96-61(20)72(109)42-86(22)32-28-26-24-25-27-31-85(21,41-71(108)60(19)89-74(111)30-29-62(99)51(10)97-83(86)120)84(121)98-59(18)70(107)40-50(9)81(118)95-57(16)68(105)38-48(7)79(116)92-55(14)65(102)35-45(4)77(114)90-53(12)63(100)33-43(2)75(87)112/h23-25,43-61H,1,26-42H2,2-22H3,(H2,87,112)(H,88,110)(H,89,111)(H,90,114)(H,91,113)(H,92,116)(H,93,115)(H,94,117)(H,95,118)(H,96,119)(H,97,120)(H,98,121)/b25-24-/t43?,44?,45?,46?,47?,48?,49?,50?,51-,52-,53-,54-,55-,56-,57-,58-,59-,60-,61-,85+,86+/m0/s1. The fraction of sp³-hybridized carbons (Fsp3) is 0.686. The Bertz CT molecular complexity index is 3890. The first kappa shape index (κ1) is 108.